The molecule has 0 fully saturated rings. The van der Waals surface area contributed by atoms with E-state index in [1.54, 1.807) is 31.3 Å². The minimum Gasteiger partial charge on any atom is -0.452 e. The molecule has 0 heterocycles. The molecule has 126 valence electrons. The maximum absolute atomic E-state index is 12.1. The first-order chi connectivity index (χ1) is 11.3. The van der Waals surface area contributed by atoms with Crippen LogP contribution < -0.4 is 4.90 Å². The number of rotatable bonds is 5. The molecule has 1 amide bonds. The minimum atomic E-state index is -3.42. The molecule has 6 nitrogen and oxygen atoms in total. The van der Waals surface area contributed by atoms with Gasteiger partial charge in [-0.2, -0.15) is 0 Å². The molecule has 0 saturated heterocycles. The van der Waals surface area contributed by atoms with Crippen LogP contribution in [-0.4, -0.2) is 40.2 Å². The van der Waals surface area contributed by atoms with Gasteiger partial charge in [0, 0.05) is 19.0 Å². The van der Waals surface area contributed by atoms with Gasteiger partial charge in [0.1, 0.15) is 0 Å². The zero-order valence-corrected chi connectivity index (χ0v) is 14.1. The van der Waals surface area contributed by atoms with E-state index in [0.29, 0.717) is 5.69 Å². The molecule has 0 saturated carbocycles. The highest BCUT2D eigenvalue weighted by Crippen LogP contribution is 2.13. The summed E-state index contributed by atoms with van der Waals surface area (Å²) in [7, 11) is -1.84. The predicted molar refractivity (Wildman–Crippen MR) is 89.7 cm³/mol. The molecular formula is C17H17NO5S. The van der Waals surface area contributed by atoms with Crippen molar-refractivity contribution in [3.05, 3.63) is 60.2 Å². The molecule has 24 heavy (non-hydrogen) atoms. The zero-order valence-electron chi connectivity index (χ0n) is 13.3. The van der Waals surface area contributed by atoms with Crippen LogP contribution in [0.15, 0.2) is 59.5 Å². The van der Waals surface area contributed by atoms with Gasteiger partial charge in [0.15, 0.2) is 16.4 Å². The van der Waals surface area contributed by atoms with Crippen LogP contribution in [0.1, 0.15) is 10.4 Å². The normalized spacial score (nSPS) is 10.9. The fraction of sp³-hybridized carbons (Fsp3) is 0.176. The van der Waals surface area contributed by atoms with Crippen LogP contribution in [0.2, 0.25) is 0 Å². The first kappa shape index (κ1) is 17.7. The van der Waals surface area contributed by atoms with E-state index >= 15 is 0 Å². The number of esters is 1. The number of hydrogen-bond acceptors (Lipinski definition) is 5. The lowest BCUT2D eigenvalue weighted by Gasteiger charge is -2.17. The quantitative estimate of drug-likeness (QED) is 0.772. The van der Waals surface area contributed by atoms with Crippen LogP contribution in [0.3, 0.4) is 0 Å². The van der Waals surface area contributed by atoms with Crippen molar-refractivity contribution in [2.45, 2.75) is 4.90 Å². The third kappa shape index (κ3) is 4.42. The number of para-hydroxylation sites is 1. The molecule has 0 aliphatic rings. The number of hydrogen-bond donors (Lipinski definition) is 0. The van der Waals surface area contributed by atoms with Crippen LogP contribution in [0.25, 0.3) is 0 Å². The van der Waals surface area contributed by atoms with Crippen molar-refractivity contribution in [3.63, 3.8) is 0 Å². The number of benzene rings is 2. The summed E-state index contributed by atoms with van der Waals surface area (Å²) >= 11 is 0. The van der Waals surface area contributed by atoms with Crippen molar-refractivity contribution in [2.75, 3.05) is 24.8 Å². The number of carbonyl (C=O) groups is 2. The first-order valence-electron chi connectivity index (χ1n) is 7.08. The summed E-state index contributed by atoms with van der Waals surface area (Å²) < 4.78 is 28.0. The lowest BCUT2D eigenvalue weighted by molar-refractivity contribution is -0.121. The highest BCUT2D eigenvalue weighted by molar-refractivity contribution is 7.90. The van der Waals surface area contributed by atoms with Crippen molar-refractivity contribution in [3.8, 4) is 0 Å². The molecular weight excluding hydrogens is 330 g/mol. The van der Waals surface area contributed by atoms with E-state index in [4.69, 9.17) is 4.74 Å². The predicted octanol–water partition coefficient (Wildman–Crippen LogP) is 1.91. The number of anilines is 1. The van der Waals surface area contributed by atoms with E-state index < -0.39 is 28.3 Å². The fourth-order valence-corrected chi connectivity index (χ4v) is 2.62. The van der Waals surface area contributed by atoms with Gasteiger partial charge >= 0.3 is 5.97 Å². The summed E-state index contributed by atoms with van der Waals surface area (Å²) in [4.78, 5) is 25.5. The molecule has 2 aromatic rings. The van der Waals surface area contributed by atoms with Gasteiger partial charge in [0.2, 0.25) is 0 Å². The third-order valence-corrected chi connectivity index (χ3v) is 4.45. The number of amides is 1. The van der Waals surface area contributed by atoms with Crippen LogP contribution in [0.5, 0.6) is 0 Å². The Morgan fingerprint density at radius 2 is 1.71 bits per heavy atom. The summed E-state index contributed by atoms with van der Waals surface area (Å²) in [6.07, 6.45) is 1.05. The number of likely N-dealkylation sites (N-methyl/N-ethyl adjacent to an activating group) is 1. The average Bonchev–Trinajstić information content (AvgIpc) is 2.58. The Labute approximate surface area is 140 Å². The molecule has 0 radical (unpaired) electrons. The standard InChI is InChI=1S/C17H17NO5S/c1-18(14-8-4-3-5-9-14)16(19)12-23-17(20)13-7-6-10-15(11-13)24(2,21)22/h3-11H,12H2,1-2H3. The molecule has 0 bridgehead atoms. The largest absolute Gasteiger partial charge is 0.452 e. The average molecular weight is 347 g/mol. The van der Waals surface area contributed by atoms with E-state index in [2.05, 4.69) is 0 Å². The van der Waals surface area contributed by atoms with Crippen LogP contribution >= 0.6 is 0 Å². The smallest absolute Gasteiger partial charge is 0.338 e. The second-order valence-electron chi connectivity index (χ2n) is 5.16. The molecule has 2 rings (SSSR count). The van der Waals surface area contributed by atoms with Crippen LogP contribution in [0, 0.1) is 0 Å². The van der Waals surface area contributed by atoms with Crippen LogP contribution in [-0.2, 0) is 19.4 Å². The second kappa shape index (κ2) is 7.27. The molecule has 0 spiro atoms. The topological polar surface area (TPSA) is 80.8 Å². The van der Waals surface area contributed by atoms with Crippen molar-refractivity contribution >= 4 is 27.4 Å². The number of sulfone groups is 1. The molecule has 0 atom stereocenters. The molecule has 0 N–H and O–H groups in total. The Kier molecular flexibility index (Phi) is 5.35. The van der Waals surface area contributed by atoms with Gasteiger partial charge in [-0.25, -0.2) is 13.2 Å². The fourth-order valence-electron chi connectivity index (χ4n) is 1.96. The summed E-state index contributed by atoms with van der Waals surface area (Å²) in [5, 5.41) is 0. The molecule has 2 aromatic carbocycles. The molecule has 0 aliphatic carbocycles. The summed E-state index contributed by atoms with van der Waals surface area (Å²) in [6.45, 7) is -0.437. The number of carbonyl (C=O) groups excluding carboxylic acids is 2. The molecule has 7 heteroatoms. The van der Waals surface area contributed by atoms with Gasteiger partial charge in [-0.15, -0.1) is 0 Å². The van der Waals surface area contributed by atoms with Crippen LogP contribution in [0.4, 0.5) is 5.69 Å². The Morgan fingerprint density at radius 3 is 2.33 bits per heavy atom. The highest BCUT2D eigenvalue weighted by atomic mass is 32.2. The molecule has 0 unspecified atom stereocenters. The Hall–Kier alpha value is -2.67. The second-order valence-corrected chi connectivity index (χ2v) is 7.18. The van der Waals surface area contributed by atoms with E-state index in [1.165, 1.54) is 29.2 Å². The Balaban J connectivity index is 2.02. The lowest BCUT2D eigenvalue weighted by Crippen LogP contribution is -2.31. The third-order valence-electron chi connectivity index (χ3n) is 3.34. The number of ether oxygens (including phenoxy) is 1. The minimum absolute atomic E-state index is 0.0182. The van der Waals surface area contributed by atoms with Gasteiger partial charge in [0.05, 0.1) is 10.5 Å². The summed E-state index contributed by atoms with van der Waals surface area (Å²) in [5.41, 5.74) is 0.755. The van der Waals surface area contributed by atoms with E-state index in [-0.39, 0.29) is 10.5 Å². The van der Waals surface area contributed by atoms with Crippen molar-refractivity contribution < 1.29 is 22.7 Å². The maximum atomic E-state index is 12.1. The van der Waals surface area contributed by atoms with Gasteiger partial charge in [0.25, 0.3) is 5.91 Å². The summed E-state index contributed by atoms with van der Waals surface area (Å²) in [5.74, 6) is -1.15. The molecule has 0 aliphatic heterocycles. The monoisotopic (exact) mass is 347 g/mol. The maximum Gasteiger partial charge on any atom is 0.338 e. The van der Waals surface area contributed by atoms with Gasteiger partial charge < -0.3 is 9.64 Å². The summed E-state index contributed by atoms with van der Waals surface area (Å²) in [6, 6.07) is 14.4. The lowest BCUT2D eigenvalue weighted by atomic mass is 10.2. The van der Waals surface area contributed by atoms with Gasteiger partial charge in [-0.1, -0.05) is 24.3 Å². The van der Waals surface area contributed by atoms with Crippen molar-refractivity contribution in [1.82, 2.24) is 0 Å². The number of nitrogens with zero attached hydrogens (tertiary/aromatic N) is 1. The SMILES string of the molecule is CN(C(=O)COC(=O)c1cccc(S(C)(=O)=O)c1)c1ccccc1. The Morgan fingerprint density at radius 1 is 1.04 bits per heavy atom. The Bertz CT molecular complexity index is 846. The van der Waals surface area contributed by atoms with Crippen molar-refractivity contribution in [1.29, 1.82) is 0 Å². The first-order valence-corrected chi connectivity index (χ1v) is 8.97. The van der Waals surface area contributed by atoms with E-state index in [0.717, 1.165) is 6.26 Å². The van der Waals surface area contributed by atoms with Gasteiger partial charge in [-0.05, 0) is 30.3 Å². The van der Waals surface area contributed by atoms with E-state index in [9.17, 15) is 18.0 Å². The van der Waals surface area contributed by atoms with E-state index in [1.807, 2.05) is 6.07 Å². The van der Waals surface area contributed by atoms with Gasteiger partial charge in [-0.3, -0.25) is 4.79 Å². The molecule has 0 aromatic heterocycles. The zero-order chi connectivity index (χ0) is 17.7. The highest BCUT2D eigenvalue weighted by Gasteiger charge is 2.16. The van der Waals surface area contributed by atoms with Crippen molar-refractivity contribution in [2.24, 2.45) is 0 Å².